The van der Waals surface area contributed by atoms with Crippen LogP contribution in [-0.4, -0.2) is 10.9 Å². The number of carbonyl (C=O) groups is 1. The molecule has 0 amide bonds. The molecule has 3 heteroatoms. The number of hydrogen-bond acceptors (Lipinski definition) is 3. The molecule has 3 nitrogen and oxygen atoms in total. The lowest BCUT2D eigenvalue weighted by Crippen LogP contribution is -2.31. The Balaban J connectivity index is 1.64. The first-order valence-electron chi connectivity index (χ1n) is 7.67. The third-order valence-corrected chi connectivity index (χ3v) is 4.27. The molecular weight excluding hydrogens is 276 g/mol. The molecule has 0 saturated heterocycles. The zero-order valence-corrected chi connectivity index (χ0v) is 12.5. The third-order valence-electron chi connectivity index (χ3n) is 4.27. The van der Waals surface area contributed by atoms with Crippen LogP contribution in [0.5, 0.6) is 5.75 Å². The molecule has 1 aliphatic carbocycles. The quantitative estimate of drug-likeness (QED) is 0.937. The van der Waals surface area contributed by atoms with E-state index < -0.39 is 5.60 Å². The normalized spacial score (nSPS) is 17.2. The summed E-state index contributed by atoms with van der Waals surface area (Å²) in [6.45, 7) is 0.527. The molecular formula is C19H20O3. The monoisotopic (exact) mass is 296 g/mol. The minimum absolute atomic E-state index is 0.243. The van der Waals surface area contributed by atoms with Gasteiger partial charge in [-0.3, -0.25) is 4.79 Å². The summed E-state index contributed by atoms with van der Waals surface area (Å²) in [6, 6.07) is 17.6. The van der Waals surface area contributed by atoms with E-state index in [0.29, 0.717) is 32.3 Å². The van der Waals surface area contributed by atoms with Crippen molar-refractivity contribution >= 4 is 5.78 Å². The predicted molar refractivity (Wildman–Crippen MR) is 84.6 cm³/mol. The van der Waals surface area contributed by atoms with E-state index in [4.69, 9.17) is 4.74 Å². The molecule has 0 spiro atoms. The van der Waals surface area contributed by atoms with Gasteiger partial charge in [0.15, 0.2) is 0 Å². The molecule has 1 fully saturated rings. The molecule has 0 bridgehead atoms. The number of carbonyl (C=O) groups excluding carboxylic acids is 1. The molecule has 114 valence electrons. The summed E-state index contributed by atoms with van der Waals surface area (Å²) in [6.07, 6.45) is 1.94. The number of benzene rings is 2. The second-order valence-corrected chi connectivity index (χ2v) is 5.87. The van der Waals surface area contributed by atoms with Gasteiger partial charge in [-0.1, -0.05) is 42.5 Å². The van der Waals surface area contributed by atoms with Crippen molar-refractivity contribution in [3.05, 3.63) is 65.7 Å². The van der Waals surface area contributed by atoms with Crippen LogP contribution in [0, 0.1) is 0 Å². The highest BCUT2D eigenvalue weighted by atomic mass is 16.5. The van der Waals surface area contributed by atoms with Crippen LogP contribution in [-0.2, 0) is 17.0 Å². The van der Waals surface area contributed by atoms with E-state index in [1.165, 1.54) is 0 Å². The number of rotatable bonds is 4. The molecule has 0 aliphatic heterocycles. The molecule has 0 aromatic heterocycles. The Bertz CT molecular complexity index is 621. The van der Waals surface area contributed by atoms with Crippen molar-refractivity contribution in [3.8, 4) is 5.75 Å². The Labute approximate surface area is 130 Å². The van der Waals surface area contributed by atoms with Gasteiger partial charge in [-0.2, -0.15) is 0 Å². The topological polar surface area (TPSA) is 46.5 Å². The van der Waals surface area contributed by atoms with Crippen molar-refractivity contribution < 1.29 is 14.6 Å². The SMILES string of the molecule is O=C1CCC(O)(c2ccc(OCc3ccccc3)cc2)CC1. The van der Waals surface area contributed by atoms with Crippen LogP contribution in [0.3, 0.4) is 0 Å². The molecule has 3 rings (SSSR count). The van der Waals surface area contributed by atoms with E-state index in [1.807, 2.05) is 54.6 Å². The lowest BCUT2D eigenvalue weighted by Gasteiger charge is -2.32. The Morgan fingerprint density at radius 2 is 1.59 bits per heavy atom. The van der Waals surface area contributed by atoms with Crippen LogP contribution < -0.4 is 4.74 Å². The number of Topliss-reactive ketones (excluding diaryl/α,β-unsaturated/α-hetero) is 1. The molecule has 0 heterocycles. The molecule has 1 N–H and O–H groups in total. The van der Waals surface area contributed by atoms with Crippen molar-refractivity contribution in [2.75, 3.05) is 0 Å². The fraction of sp³-hybridized carbons (Fsp3) is 0.316. The van der Waals surface area contributed by atoms with Crippen molar-refractivity contribution in [2.24, 2.45) is 0 Å². The first kappa shape index (κ1) is 14.8. The van der Waals surface area contributed by atoms with Crippen molar-refractivity contribution in [2.45, 2.75) is 37.9 Å². The zero-order chi connectivity index (χ0) is 15.4. The first-order chi connectivity index (χ1) is 10.7. The second-order valence-electron chi connectivity index (χ2n) is 5.87. The Morgan fingerprint density at radius 1 is 0.955 bits per heavy atom. The van der Waals surface area contributed by atoms with Gasteiger partial charge in [0, 0.05) is 12.8 Å². The van der Waals surface area contributed by atoms with Gasteiger partial charge in [0.25, 0.3) is 0 Å². The summed E-state index contributed by atoms with van der Waals surface area (Å²) < 4.78 is 5.75. The Kier molecular flexibility index (Phi) is 4.25. The summed E-state index contributed by atoms with van der Waals surface area (Å²) in [5, 5.41) is 10.7. The van der Waals surface area contributed by atoms with Gasteiger partial charge in [-0.25, -0.2) is 0 Å². The van der Waals surface area contributed by atoms with Crippen LogP contribution in [0.2, 0.25) is 0 Å². The third kappa shape index (κ3) is 3.37. The number of aliphatic hydroxyl groups is 1. The number of ether oxygens (including phenoxy) is 1. The van der Waals surface area contributed by atoms with Crippen LogP contribution in [0.1, 0.15) is 36.8 Å². The standard InChI is InChI=1S/C19H20O3/c20-17-10-12-19(21,13-11-17)16-6-8-18(9-7-16)22-14-15-4-2-1-3-5-15/h1-9,21H,10-14H2. The maximum Gasteiger partial charge on any atom is 0.133 e. The Morgan fingerprint density at radius 3 is 2.23 bits per heavy atom. The van der Waals surface area contributed by atoms with Crippen molar-refractivity contribution in [1.29, 1.82) is 0 Å². The van der Waals surface area contributed by atoms with Gasteiger partial charge in [-0.15, -0.1) is 0 Å². The maximum absolute atomic E-state index is 11.3. The average Bonchev–Trinajstić information content (AvgIpc) is 2.57. The lowest BCUT2D eigenvalue weighted by molar-refractivity contribution is -0.125. The van der Waals surface area contributed by atoms with Gasteiger partial charge in [0.1, 0.15) is 18.1 Å². The van der Waals surface area contributed by atoms with E-state index in [-0.39, 0.29) is 5.78 Å². The summed E-state index contributed by atoms with van der Waals surface area (Å²) in [7, 11) is 0. The second kappa shape index (κ2) is 6.32. The molecule has 1 saturated carbocycles. The van der Waals surface area contributed by atoms with Crippen molar-refractivity contribution in [1.82, 2.24) is 0 Å². The van der Waals surface area contributed by atoms with Crippen LogP contribution in [0.15, 0.2) is 54.6 Å². The largest absolute Gasteiger partial charge is 0.489 e. The molecule has 2 aromatic rings. The molecule has 1 aliphatic rings. The molecule has 2 aromatic carbocycles. The van der Waals surface area contributed by atoms with E-state index in [9.17, 15) is 9.90 Å². The summed E-state index contributed by atoms with van der Waals surface area (Å²) >= 11 is 0. The van der Waals surface area contributed by atoms with E-state index in [1.54, 1.807) is 0 Å². The van der Waals surface area contributed by atoms with E-state index >= 15 is 0 Å². The van der Waals surface area contributed by atoms with Gasteiger partial charge >= 0.3 is 0 Å². The van der Waals surface area contributed by atoms with Crippen LogP contribution >= 0.6 is 0 Å². The molecule has 0 radical (unpaired) electrons. The highest BCUT2D eigenvalue weighted by Crippen LogP contribution is 2.36. The minimum atomic E-state index is -0.869. The average molecular weight is 296 g/mol. The molecule has 0 atom stereocenters. The van der Waals surface area contributed by atoms with Crippen LogP contribution in [0.4, 0.5) is 0 Å². The highest BCUT2D eigenvalue weighted by Gasteiger charge is 2.33. The number of ketones is 1. The van der Waals surface area contributed by atoms with Gasteiger partial charge in [0.2, 0.25) is 0 Å². The number of hydrogen-bond donors (Lipinski definition) is 1. The lowest BCUT2D eigenvalue weighted by atomic mass is 9.79. The Hall–Kier alpha value is -2.13. The fourth-order valence-electron chi connectivity index (χ4n) is 2.83. The fourth-order valence-corrected chi connectivity index (χ4v) is 2.83. The summed E-state index contributed by atoms with van der Waals surface area (Å²) in [5.74, 6) is 1.02. The van der Waals surface area contributed by atoms with Gasteiger partial charge in [0.05, 0.1) is 5.60 Å². The smallest absolute Gasteiger partial charge is 0.133 e. The molecule has 22 heavy (non-hydrogen) atoms. The predicted octanol–water partition coefficient (Wildman–Crippen LogP) is 3.60. The minimum Gasteiger partial charge on any atom is -0.489 e. The van der Waals surface area contributed by atoms with Crippen LogP contribution in [0.25, 0.3) is 0 Å². The van der Waals surface area contributed by atoms with Crippen molar-refractivity contribution in [3.63, 3.8) is 0 Å². The van der Waals surface area contributed by atoms with E-state index in [2.05, 4.69) is 0 Å². The summed E-state index contributed by atoms with van der Waals surface area (Å²) in [4.78, 5) is 11.3. The maximum atomic E-state index is 11.3. The molecule has 0 unspecified atom stereocenters. The summed E-state index contributed by atoms with van der Waals surface area (Å²) in [5.41, 5.74) is 1.12. The van der Waals surface area contributed by atoms with Gasteiger partial charge < -0.3 is 9.84 Å². The van der Waals surface area contributed by atoms with Gasteiger partial charge in [-0.05, 0) is 36.1 Å². The van der Waals surface area contributed by atoms with E-state index in [0.717, 1.165) is 16.9 Å². The highest BCUT2D eigenvalue weighted by molar-refractivity contribution is 5.79. The zero-order valence-electron chi connectivity index (χ0n) is 12.5. The first-order valence-corrected chi connectivity index (χ1v) is 7.67.